The number of carbonyl (C=O) groups excluding carboxylic acids is 1. The van der Waals surface area contributed by atoms with Gasteiger partial charge in [0, 0.05) is 18.9 Å². The monoisotopic (exact) mass is 293 g/mol. The van der Waals surface area contributed by atoms with Crippen molar-refractivity contribution >= 4 is 27.3 Å². The van der Waals surface area contributed by atoms with Crippen LogP contribution in [0.3, 0.4) is 0 Å². The van der Waals surface area contributed by atoms with Gasteiger partial charge in [0.2, 0.25) is 10.0 Å². The fraction of sp³-hybridized carbons (Fsp3) is 0.154. The highest BCUT2D eigenvalue weighted by Crippen LogP contribution is 2.17. The first-order chi connectivity index (χ1) is 9.35. The summed E-state index contributed by atoms with van der Waals surface area (Å²) in [5, 5.41) is 2.72. The van der Waals surface area contributed by atoms with Gasteiger partial charge in [-0.15, -0.1) is 0 Å². The molecule has 0 aliphatic rings. The van der Waals surface area contributed by atoms with Crippen molar-refractivity contribution in [1.29, 1.82) is 0 Å². The highest BCUT2D eigenvalue weighted by Gasteiger charge is 2.09. The molecule has 0 fully saturated rings. The number of hydrogen-bond donors (Lipinski definition) is 2. The van der Waals surface area contributed by atoms with Crippen LogP contribution in [0.4, 0.5) is 11.4 Å². The summed E-state index contributed by atoms with van der Waals surface area (Å²) in [5.74, 6) is -0.256. The van der Waals surface area contributed by atoms with Gasteiger partial charge in [0.15, 0.2) is 0 Å². The van der Waals surface area contributed by atoms with Crippen molar-refractivity contribution in [2.24, 2.45) is 7.05 Å². The first kappa shape index (κ1) is 14.1. The van der Waals surface area contributed by atoms with Crippen LogP contribution in [0.5, 0.6) is 0 Å². The Labute approximate surface area is 117 Å². The third kappa shape index (κ3) is 3.61. The quantitative estimate of drug-likeness (QED) is 0.899. The van der Waals surface area contributed by atoms with Crippen LogP contribution in [0, 0.1) is 0 Å². The molecule has 6 nitrogen and oxygen atoms in total. The van der Waals surface area contributed by atoms with Crippen LogP contribution in [0.15, 0.2) is 42.6 Å². The molecular formula is C13H15N3O3S. The van der Waals surface area contributed by atoms with E-state index in [-0.39, 0.29) is 5.91 Å². The van der Waals surface area contributed by atoms with Gasteiger partial charge in [0.1, 0.15) is 5.69 Å². The second-order valence-electron chi connectivity index (χ2n) is 4.41. The fourth-order valence-electron chi connectivity index (χ4n) is 1.77. The molecule has 0 bridgehead atoms. The van der Waals surface area contributed by atoms with Gasteiger partial charge in [-0.25, -0.2) is 8.42 Å². The zero-order valence-electron chi connectivity index (χ0n) is 11.1. The van der Waals surface area contributed by atoms with Crippen molar-refractivity contribution in [3.05, 3.63) is 48.3 Å². The first-order valence-electron chi connectivity index (χ1n) is 5.86. The molecule has 106 valence electrons. The first-order valence-corrected chi connectivity index (χ1v) is 7.75. The van der Waals surface area contributed by atoms with Crippen LogP contribution in [0.25, 0.3) is 0 Å². The second kappa shape index (κ2) is 5.38. The van der Waals surface area contributed by atoms with Crippen LogP contribution in [0.2, 0.25) is 0 Å². The number of aryl methyl sites for hydroxylation is 1. The molecule has 0 aliphatic heterocycles. The maximum Gasteiger partial charge on any atom is 0.272 e. The van der Waals surface area contributed by atoms with Crippen molar-refractivity contribution in [3.63, 3.8) is 0 Å². The van der Waals surface area contributed by atoms with Gasteiger partial charge in [-0.1, -0.05) is 6.07 Å². The lowest BCUT2D eigenvalue weighted by atomic mass is 10.2. The fourth-order valence-corrected chi connectivity index (χ4v) is 2.32. The Morgan fingerprint density at radius 1 is 1.15 bits per heavy atom. The largest absolute Gasteiger partial charge is 0.347 e. The number of nitrogens with zero attached hydrogens (tertiary/aromatic N) is 1. The molecule has 2 rings (SSSR count). The Balaban J connectivity index is 2.16. The molecular weight excluding hydrogens is 278 g/mol. The average Bonchev–Trinajstić information content (AvgIpc) is 2.73. The van der Waals surface area contributed by atoms with Crippen molar-refractivity contribution in [1.82, 2.24) is 4.57 Å². The lowest BCUT2D eigenvalue weighted by Gasteiger charge is -2.08. The SMILES string of the molecule is Cn1cccc1C(=O)Nc1cccc(NS(C)(=O)=O)c1. The summed E-state index contributed by atoms with van der Waals surface area (Å²) < 4.78 is 26.4. The normalized spacial score (nSPS) is 11.1. The predicted molar refractivity (Wildman–Crippen MR) is 78.3 cm³/mol. The minimum atomic E-state index is -3.34. The predicted octanol–water partition coefficient (Wildman–Crippen LogP) is 1.65. The Morgan fingerprint density at radius 2 is 1.85 bits per heavy atom. The topological polar surface area (TPSA) is 80.2 Å². The summed E-state index contributed by atoms with van der Waals surface area (Å²) in [6.45, 7) is 0. The van der Waals surface area contributed by atoms with E-state index in [2.05, 4.69) is 10.0 Å². The molecule has 0 atom stereocenters. The van der Waals surface area contributed by atoms with E-state index in [1.807, 2.05) is 0 Å². The number of hydrogen-bond acceptors (Lipinski definition) is 3. The van der Waals surface area contributed by atoms with E-state index in [0.29, 0.717) is 17.1 Å². The van der Waals surface area contributed by atoms with Gasteiger partial charge in [0.05, 0.1) is 11.9 Å². The van der Waals surface area contributed by atoms with Gasteiger partial charge < -0.3 is 9.88 Å². The summed E-state index contributed by atoms with van der Waals surface area (Å²) in [4.78, 5) is 12.0. The third-order valence-corrected chi connectivity index (χ3v) is 3.21. The standard InChI is InChI=1S/C13H15N3O3S/c1-16-8-4-7-12(16)13(17)14-10-5-3-6-11(9-10)15-20(2,18)19/h3-9,15H,1-2H3,(H,14,17). The number of sulfonamides is 1. The molecule has 0 spiro atoms. The van der Waals surface area contributed by atoms with E-state index in [1.165, 1.54) is 0 Å². The third-order valence-electron chi connectivity index (χ3n) is 2.60. The zero-order chi connectivity index (χ0) is 14.8. The van der Waals surface area contributed by atoms with E-state index in [9.17, 15) is 13.2 Å². The van der Waals surface area contributed by atoms with Gasteiger partial charge in [-0.3, -0.25) is 9.52 Å². The number of nitrogens with one attached hydrogen (secondary N) is 2. The highest BCUT2D eigenvalue weighted by atomic mass is 32.2. The van der Waals surface area contributed by atoms with Crippen molar-refractivity contribution < 1.29 is 13.2 Å². The number of rotatable bonds is 4. The Bertz CT molecular complexity index is 735. The minimum Gasteiger partial charge on any atom is -0.347 e. The maximum atomic E-state index is 12.0. The number of anilines is 2. The van der Waals surface area contributed by atoms with Gasteiger partial charge in [-0.05, 0) is 30.3 Å². The molecule has 7 heteroatoms. The molecule has 2 N–H and O–H groups in total. The molecule has 2 aromatic rings. The van der Waals surface area contributed by atoms with Crippen molar-refractivity contribution in [2.45, 2.75) is 0 Å². The van der Waals surface area contributed by atoms with E-state index in [0.717, 1.165) is 6.26 Å². The van der Waals surface area contributed by atoms with Gasteiger partial charge >= 0.3 is 0 Å². The van der Waals surface area contributed by atoms with E-state index < -0.39 is 10.0 Å². The van der Waals surface area contributed by atoms with Crippen molar-refractivity contribution in [3.8, 4) is 0 Å². The minimum absolute atomic E-state index is 0.256. The molecule has 1 aromatic carbocycles. The molecule has 0 saturated carbocycles. The summed E-state index contributed by atoms with van der Waals surface area (Å²) in [6, 6.07) is 9.99. The average molecular weight is 293 g/mol. The summed E-state index contributed by atoms with van der Waals surface area (Å²) in [5.41, 5.74) is 1.44. The molecule has 1 heterocycles. The van der Waals surface area contributed by atoms with Crippen LogP contribution in [-0.2, 0) is 17.1 Å². The Morgan fingerprint density at radius 3 is 2.45 bits per heavy atom. The van der Waals surface area contributed by atoms with Gasteiger partial charge in [0.25, 0.3) is 5.91 Å². The number of carbonyl (C=O) groups is 1. The molecule has 0 saturated heterocycles. The number of benzene rings is 1. The number of amides is 1. The molecule has 20 heavy (non-hydrogen) atoms. The van der Waals surface area contributed by atoms with Crippen LogP contribution in [0.1, 0.15) is 10.5 Å². The van der Waals surface area contributed by atoms with E-state index in [4.69, 9.17) is 0 Å². The molecule has 1 aromatic heterocycles. The lowest BCUT2D eigenvalue weighted by molar-refractivity contribution is 0.101. The van der Waals surface area contributed by atoms with Crippen LogP contribution >= 0.6 is 0 Å². The summed E-state index contributed by atoms with van der Waals surface area (Å²) >= 11 is 0. The molecule has 0 unspecified atom stereocenters. The van der Waals surface area contributed by atoms with Crippen LogP contribution in [-0.4, -0.2) is 25.1 Å². The van der Waals surface area contributed by atoms with E-state index >= 15 is 0 Å². The smallest absolute Gasteiger partial charge is 0.272 e. The van der Waals surface area contributed by atoms with Crippen molar-refractivity contribution in [2.75, 3.05) is 16.3 Å². The number of aromatic nitrogens is 1. The summed E-state index contributed by atoms with van der Waals surface area (Å²) in [7, 11) is -1.56. The van der Waals surface area contributed by atoms with Gasteiger partial charge in [-0.2, -0.15) is 0 Å². The lowest BCUT2D eigenvalue weighted by Crippen LogP contribution is -2.15. The Hall–Kier alpha value is -2.28. The Kier molecular flexibility index (Phi) is 3.80. The second-order valence-corrected chi connectivity index (χ2v) is 6.16. The molecule has 0 aliphatic carbocycles. The van der Waals surface area contributed by atoms with E-state index in [1.54, 1.807) is 54.2 Å². The highest BCUT2D eigenvalue weighted by molar-refractivity contribution is 7.92. The maximum absolute atomic E-state index is 12.0. The van der Waals surface area contributed by atoms with Crippen LogP contribution < -0.4 is 10.0 Å². The molecule has 1 amide bonds. The zero-order valence-corrected chi connectivity index (χ0v) is 11.9. The summed E-state index contributed by atoms with van der Waals surface area (Å²) in [6.07, 6.45) is 2.85. The molecule has 0 radical (unpaired) electrons.